The van der Waals surface area contributed by atoms with Crippen LogP contribution in [0.4, 0.5) is 0 Å². The third-order valence-corrected chi connectivity index (χ3v) is 11.0. The number of phenols is 2. The molecule has 7 atom stereocenters. The summed E-state index contributed by atoms with van der Waals surface area (Å²) in [5, 5.41) is 33.5. The Labute approximate surface area is 278 Å². The molecule has 0 aromatic heterocycles. The van der Waals surface area contributed by atoms with Crippen molar-refractivity contribution in [2.45, 2.75) is 68.7 Å². The predicted molar refractivity (Wildman–Crippen MR) is 147 cm³/mol. The van der Waals surface area contributed by atoms with E-state index in [1.165, 1.54) is 11.8 Å². The Morgan fingerprint density at radius 1 is 1.07 bits per heavy atom. The molecule has 2 aromatic carbocycles. The van der Waals surface area contributed by atoms with E-state index in [0.29, 0.717) is 34.6 Å². The number of carbonyl (C=O) groups excluding carboxylic acids is 1. The molecule has 4 bridgehead atoms. The number of fused-ring (bicyclic) bond motifs is 9. The number of nitrogens with zero attached hydrogens (tertiary/aromatic N) is 3. The number of aromatic hydroxyl groups is 2. The van der Waals surface area contributed by atoms with Gasteiger partial charge in [0, 0.05) is 78.4 Å². The topological polar surface area (TPSA) is 139 Å². The number of nitrogens with one attached hydrogen (secondary N) is 1. The summed E-state index contributed by atoms with van der Waals surface area (Å²) in [5.74, 6) is 0.854. The maximum absolute atomic E-state index is 12.8. The second-order valence-electron chi connectivity index (χ2n) is 11.5. The van der Waals surface area contributed by atoms with Gasteiger partial charge in [0.1, 0.15) is 24.1 Å². The number of hydrogen-bond acceptors (Lipinski definition) is 10. The SMILES string of the molecule is Cc1cc2c(c(O)c1C)[C@@H]1C3[C@@H]4SC[C@H]([NH-])C(=O)OC[C@H](c5c6c(c(C)c(O)c54)OCO6)N3[C@@H](C#N)[C@H](C2)N1C.[Ac]. The van der Waals surface area contributed by atoms with Gasteiger partial charge in [0.2, 0.25) is 6.79 Å². The molecule has 10 nitrogen and oxygen atoms in total. The van der Waals surface area contributed by atoms with Gasteiger partial charge in [-0.1, -0.05) is 6.07 Å². The van der Waals surface area contributed by atoms with E-state index in [-0.39, 0.29) is 92.8 Å². The monoisotopic (exact) mass is 790 g/mol. The van der Waals surface area contributed by atoms with Crippen LogP contribution in [0.1, 0.15) is 56.3 Å². The quantitative estimate of drug-likeness (QED) is 0.380. The first-order chi connectivity index (χ1) is 19.1. The Hall–Kier alpha value is -1.73. The van der Waals surface area contributed by atoms with Crippen LogP contribution in [0.15, 0.2) is 6.07 Å². The van der Waals surface area contributed by atoms with Gasteiger partial charge < -0.3 is 30.2 Å². The van der Waals surface area contributed by atoms with Crippen LogP contribution in [0.25, 0.3) is 5.73 Å². The molecule has 5 heterocycles. The Balaban J connectivity index is 0.00000302. The Bertz CT molecular complexity index is 1510. The molecule has 7 rings (SSSR count). The summed E-state index contributed by atoms with van der Waals surface area (Å²) in [6, 6.07) is 1.55. The average Bonchev–Trinajstić information content (AvgIpc) is 3.42. The van der Waals surface area contributed by atoms with Crippen LogP contribution in [0.5, 0.6) is 23.0 Å². The Morgan fingerprint density at radius 2 is 1.78 bits per heavy atom. The van der Waals surface area contributed by atoms with Crippen molar-refractivity contribution in [3.8, 4) is 29.1 Å². The molecule has 5 aliphatic heterocycles. The number of nitriles is 1. The van der Waals surface area contributed by atoms with Gasteiger partial charge in [-0.3, -0.25) is 14.6 Å². The number of aryl methyl sites for hydroxylation is 1. The summed E-state index contributed by atoms with van der Waals surface area (Å²) in [6.45, 7) is 5.60. The molecule has 2 saturated heterocycles. The largest absolute Gasteiger partial charge is 0.665 e. The summed E-state index contributed by atoms with van der Waals surface area (Å²) in [5.41, 5.74) is 14.0. The van der Waals surface area contributed by atoms with Crippen LogP contribution in [-0.4, -0.2) is 76.3 Å². The van der Waals surface area contributed by atoms with Crippen LogP contribution in [0.2, 0.25) is 0 Å². The second-order valence-corrected chi connectivity index (χ2v) is 12.6. The van der Waals surface area contributed by atoms with Crippen molar-refractivity contribution in [3.05, 3.63) is 50.7 Å². The molecule has 0 saturated carbocycles. The van der Waals surface area contributed by atoms with Crippen molar-refractivity contribution in [2.75, 3.05) is 26.2 Å². The number of benzene rings is 2. The molecule has 2 fully saturated rings. The molecule has 1 radical (unpaired) electrons. The van der Waals surface area contributed by atoms with E-state index in [1.54, 1.807) is 6.92 Å². The van der Waals surface area contributed by atoms with Gasteiger partial charge in [0.05, 0.1) is 23.4 Å². The molecule has 0 aliphatic carbocycles. The van der Waals surface area contributed by atoms with Crippen LogP contribution >= 0.6 is 11.8 Å². The molecule has 41 heavy (non-hydrogen) atoms. The van der Waals surface area contributed by atoms with Gasteiger partial charge in [0.25, 0.3) is 5.97 Å². The third-order valence-electron chi connectivity index (χ3n) is 9.61. The average molecular weight is 791 g/mol. The van der Waals surface area contributed by atoms with Gasteiger partial charge in [-0.05, 0) is 62.7 Å². The predicted octanol–water partition coefficient (Wildman–Crippen LogP) is 3.73. The van der Waals surface area contributed by atoms with E-state index in [0.717, 1.165) is 22.3 Å². The van der Waals surface area contributed by atoms with E-state index >= 15 is 0 Å². The number of thioether (sulfide) groups is 1. The molecular weight excluding hydrogens is 759 g/mol. The number of cyclic esters (lactones) is 1. The molecule has 2 aromatic rings. The maximum atomic E-state index is 12.8. The smallest absolute Gasteiger partial charge is 0.288 e. The molecule has 0 spiro atoms. The summed E-state index contributed by atoms with van der Waals surface area (Å²) in [7, 11) is 2.00. The normalized spacial score (nSPS) is 31.7. The maximum Gasteiger partial charge on any atom is 0.288 e. The number of hydrogen-bond donors (Lipinski definition) is 2. The van der Waals surface area contributed by atoms with Gasteiger partial charge in [-0.25, -0.2) is 0 Å². The molecule has 3 N–H and O–H groups in total. The standard InChI is InChI=1S/C29H31N4O6S.Ac/c1-11-5-14-6-16-17(7-30)33-18-8-37-29(36)15(31)9-40-28(23(33)22(32(16)4)19(14)24(34)12(11)2)21-20(18)27-26(38-10-39-27)13(3)25(21)35;/h5,15-18,22-23,28,31,34-35H,6,8-10H2,1-4H3;/q-1;/t15-,16-,17-,18+,22+,23?,28+;/m0./s1. The van der Waals surface area contributed by atoms with E-state index in [2.05, 4.69) is 21.9 Å². The van der Waals surface area contributed by atoms with Gasteiger partial charge in [-0.15, -0.1) is 0 Å². The minimum atomic E-state index is -1.09. The number of ether oxygens (including phenoxy) is 3. The minimum absolute atomic E-state index is 0. The van der Waals surface area contributed by atoms with Crippen molar-refractivity contribution in [1.82, 2.24) is 9.80 Å². The zero-order valence-corrected chi connectivity index (χ0v) is 28.9. The molecule has 5 aliphatic rings. The van der Waals surface area contributed by atoms with Crippen molar-refractivity contribution in [2.24, 2.45) is 0 Å². The van der Waals surface area contributed by atoms with Gasteiger partial charge >= 0.3 is 0 Å². The third kappa shape index (κ3) is 3.99. The van der Waals surface area contributed by atoms with Crippen molar-refractivity contribution in [3.63, 3.8) is 0 Å². The zero-order valence-electron chi connectivity index (χ0n) is 23.3. The van der Waals surface area contributed by atoms with Crippen LogP contribution < -0.4 is 9.47 Å². The molecule has 0 amide bonds. The van der Waals surface area contributed by atoms with Crippen molar-refractivity contribution < 1.29 is 73.3 Å². The van der Waals surface area contributed by atoms with Crippen LogP contribution in [-0.2, 0) is 16.0 Å². The Morgan fingerprint density at radius 3 is 2.51 bits per heavy atom. The summed E-state index contributed by atoms with van der Waals surface area (Å²) in [6.07, 6.45) is 0.585. The fourth-order valence-corrected chi connectivity index (χ4v) is 9.00. The van der Waals surface area contributed by atoms with E-state index in [1.807, 2.05) is 20.9 Å². The van der Waals surface area contributed by atoms with Crippen molar-refractivity contribution >= 4 is 17.7 Å². The minimum Gasteiger partial charge on any atom is -0.665 e. The number of likely N-dealkylation sites (N-methyl/N-ethyl adjacent to an activating group) is 1. The van der Waals surface area contributed by atoms with Crippen molar-refractivity contribution in [1.29, 1.82) is 5.26 Å². The number of phenolic OH excluding ortho intramolecular Hbond substituents is 2. The van der Waals surface area contributed by atoms with Crippen LogP contribution in [0.3, 0.4) is 0 Å². The summed E-state index contributed by atoms with van der Waals surface area (Å²) < 4.78 is 17.5. The number of piperazine rings is 1. The number of carbonyl (C=O) groups is 1. The van der Waals surface area contributed by atoms with Gasteiger partial charge in [-0.2, -0.15) is 17.0 Å². The second kappa shape index (κ2) is 10.5. The Kier molecular flexibility index (Phi) is 7.49. The van der Waals surface area contributed by atoms with E-state index in [4.69, 9.17) is 19.9 Å². The summed E-state index contributed by atoms with van der Waals surface area (Å²) in [4.78, 5) is 17.1. The first-order valence-corrected chi connectivity index (χ1v) is 14.6. The van der Waals surface area contributed by atoms with E-state index < -0.39 is 29.3 Å². The van der Waals surface area contributed by atoms with E-state index in [9.17, 15) is 20.3 Å². The fourth-order valence-electron chi connectivity index (χ4n) is 7.57. The fraction of sp³-hybridized carbons (Fsp3) is 0.517. The molecule has 12 heteroatoms. The molecule has 1 unspecified atom stereocenters. The zero-order chi connectivity index (χ0) is 28.2. The summed E-state index contributed by atoms with van der Waals surface area (Å²) >= 11 is 1.41. The number of esters is 1. The number of rotatable bonds is 0. The van der Waals surface area contributed by atoms with Gasteiger partial charge in [0.15, 0.2) is 11.5 Å². The molecule has 213 valence electrons. The van der Waals surface area contributed by atoms with Crippen LogP contribution in [0, 0.1) is 76.2 Å². The molecular formula is C29H31AcN4O6S-. The first-order valence-electron chi connectivity index (χ1n) is 13.5. The first kappa shape index (κ1) is 29.3.